The van der Waals surface area contributed by atoms with E-state index in [1.54, 1.807) is 25.2 Å². The topological polar surface area (TPSA) is 151 Å². The molecule has 3 heterocycles. The van der Waals surface area contributed by atoms with Crippen LogP contribution in [0.5, 0.6) is 5.75 Å². The fourth-order valence-electron chi connectivity index (χ4n) is 6.21. The van der Waals surface area contributed by atoms with Crippen LogP contribution in [-0.4, -0.2) is 88.3 Å². The molecule has 0 aliphatic carbocycles. The SMILES string of the molecule is CCCCCCCCCCCCCCC(=O)O.CCCc1nn(C)c2c(=O)[nH]c(-c3cc(S(=O)(=O)N4CCN(C)CC4)ccc3OCC)nc12. The van der Waals surface area contributed by atoms with E-state index in [4.69, 9.17) is 14.8 Å². The van der Waals surface area contributed by atoms with Crippen LogP contribution < -0.4 is 10.3 Å². The van der Waals surface area contributed by atoms with Gasteiger partial charge in [0.15, 0.2) is 5.52 Å². The van der Waals surface area contributed by atoms with Crippen LogP contribution in [0.2, 0.25) is 0 Å². The zero-order chi connectivity index (χ0) is 36.5. The molecule has 2 aromatic heterocycles. The molecule has 4 rings (SSSR count). The number of nitrogens with zero attached hydrogens (tertiary/aromatic N) is 5. The van der Waals surface area contributed by atoms with Crippen LogP contribution in [0, 0.1) is 0 Å². The normalized spacial score (nSPS) is 14.1. The van der Waals surface area contributed by atoms with E-state index < -0.39 is 16.0 Å². The lowest BCUT2D eigenvalue weighted by molar-refractivity contribution is -0.137. The smallest absolute Gasteiger partial charge is 0.303 e. The summed E-state index contributed by atoms with van der Waals surface area (Å²) in [4.78, 5) is 32.9. The van der Waals surface area contributed by atoms with Crippen molar-refractivity contribution in [1.82, 2.24) is 29.0 Å². The molecule has 0 saturated carbocycles. The van der Waals surface area contributed by atoms with Gasteiger partial charge >= 0.3 is 5.97 Å². The van der Waals surface area contributed by atoms with E-state index >= 15 is 0 Å². The maximum Gasteiger partial charge on any atom is 0.303 e. The van der Waals surface area contributed by atoms with Crippen LogP contribution in [0.25, 0.3) is 22.4 Å². The zero-order valence-electron chi connectivity index (χ0n) is 31.0. The number of aromatic amines is 1. The summed E-state index contributed by atoms with van der Waals surface area (Å²) in [5.74, 6) is 0.0621. The number of rotatable bonds is 20. The third kappa shape index (κ3) is 12.2. The second-order valence-corrected chi connectivity index (χ2v) is 15.2. The van der Waals surface area contributed by atoms with Gasteiger partial charge in [-0.15, -0.1) is 0 Å². The first-order valence-electron chi connectivity index (χ1n) is 18.7. The highest BCUT2D eigenvalue weighted by atomic mass is 32.2. The second-order valence-electron chi connectivity index (χ2n) is 13.3. The summed E-state index contributed by atoms with van der Waals surface area (Å²) >= 11 is 0. The molecule has 1 fully saturated rings. The number of aryl methyl sites for hydroxylation is 2. The van der Waals surface area contributed by atoms with Crippen molar-refractivity contribution in [3.8, 4) is 17.1 Å². The van der Waals surface area contributed by atoms with Crippen molar-refractivity contribution >= 4 is 27.0 Å². The Morgan fingerprint density at radius 2 is 1.48 bits per heavy atom. The monoisotopic (exact) mass is 716 g/mol. The summed E-state index contributed by atoms with van der Waals surface area (Å²) < 4.78 is 35.4. The van der Waals surface area contributed by atoms with Gasteiger partial charge < -0.3 is 19.7 Å². The van der Waals surface area contributed by atoms with Gasteiger partial charge in [-0.25, -0.2) is 13.4 Å². The molecule has 0 spiro atoms. The van der Waals surface area contributed by atoms with Crippen LogP contribution in [0.1, 0.15) is 116 Å². The van der Waals surface area contributed by atoms with Gasteiger partial charge in [0.25, 0.3) is 5.56 Å². The van der Waals surface area contributed by atoms with E-state index in [9.17, 15) is 18.0 Å². The molecule has 0 radical (unpaired) electrons. The lowest BCUT2D eigenvalue weighted by Gasteiger charge is -2.31. The quantitative estimate of drug-likeness (QED) is 0.121. The van der Waals surface area contributed by atoms with Crippen LogP contribution in [-0.2, 0) is 28.3 Å². The lowest BCUT2D eigenvalue weighted by Crippen LogP contribution is -2.47. The number of hydrogen-bond acceptors (Lipinski definition) is 8. The number of nitrogens with one attached hydrogen (secondary N) is 1. The number of benzene rings is 1. The Morgan fingerprint density at radius 1 is 0.880 bits per heavy atom. The lowest BCUT2D eigenvalue weighted by atomic mass is 10.0. The number of carboxylic acids is 1. The van der Waals surface area contributed by atoms with Crippen molar-refractivity contribution in [2.24, 2.45) is 7.05 Å². The number of aromatic nitrogens is 4. The molecule has 280 valence electrons. The minimum absolute atomic E-state index is 0.147. The maximum absolute atomic E-state index is 13.3. The standard InChI is InChI=1S/C22H30N6O4S.C15H30O2/c1-5-7-17-19-20(27(4)25-17)22(29)24-21(23-19)16-14-15(8-9-18(16)32-6-2)33(30,31)28-12-10-26(3)11-13-28;1-2-3-4-5-6-7-8-9-10-11-12-13-14-15(16)17/h8-9,14H,5-7,10-13H2,1-4H3,(H,23,24,29);2-14H2,1H3,(H,16,17). The summed E-state index contributed by atoms with van der Waals surface area (Å²) in [6.45, 7) is 8.73. The Hall–Kier alpha value is -3.29. The molecule has 1 aliphatic heterocycles. The Morgan fingerprint density at radius 3 is 2.04 bits per heavy atom. The maximum atomic E-state index is 13.3. The number of carbonyl (C=O) groups is 1. The molecule has 0 unspecified atom stereocenters. The Labute approximate surface area is 298 Å². The number of aliphatic carboxylic acids is 1. The summed E-state index contributed by atoms with van der Waals surface area (Å²) in [7, 11) is -0.00831. The van der Waals surface area contributed by atoms with Gasteiger partial charge in [0, 0.05) is 39.6 Å². The second kappa shape index (κ2) is 21.2. The fourth-order valence-corrected chi connectivity index (χ4v) is 7.66. The highest BCUT2D eigenvalue weighted by Crippen LogP contribution is 2.32. The first-order valence-corrected chi connectivity index (χ1v) is 20.1. The number of ether oxygens (including phenoxy) is 1. The minimum atomic E-state index is -3.70. The van der Waals surface area contributed by atoms with Gasteiger partial charge in [0.05, 0.1) is 22.8 Å². The number of sulfonamides is 1. The minimum Gasteiger partial charge on any atom is -0.493 e. The molecule has 50 heavy (non-hydrogen) atoms. The number of carboxylic acid groups (broad SMARTS) is 1. The number of H-pyrrole nitrogens is 1. The van der Waals surface area contributed by atoms with E-state index in [0.717, 1.165) is 25.0 Å². The van der Waals surface area contributed by atoms with Gasteiger partial charge in [-0.05, 0) is 45.0 Å². The highest BCUT2D eigenvalue weighted by molar-refractivity contribution is 7.89. The van der Waals surface area contributed by atoms with E-state index in [1.165, 1.54) is 73.2 Å². The van der Waals surface area contributed by atoms with Gasteiger partial charge in [0.2, 0.25) is 10.0 Å². The van der Waals surface area contributed by atoms with Crippen molar-refractivity contribution in [2.75, 3.05) is 39.8 Å². The molecule has 13 heteroatoms. The zero-order valence-corrected chi connectivity index (χ0v) is 31.8. The van der Waals surface area contributed by atoms with Gasteiger partial charge in [-0.3, -0.25) is 14.3 Å². The van der Waals surface area contributed by atoms with Crippen LogP contribution in [0.15, 0.2) is 27.9 Å². The Kier molecular flexibility index (Phi) is 17.4. The van der Waals surface area contributed by atoms with Crippen molar-refractivity contribution in [3.05, 3.63) is 34.2 Å². The largest absolute Gasteiger partial charge is 0.493 e. The molecule has 1 aromatic carbocycles. The van der Waals surface area contributed by atoms with Crippen molar-refractivity contribution in [3.63, 3.8) is 0 Å². The van der Waals surface area contributed by atoms with Crippen LogP contribution in [0.3, 0.4) is 0 Å². The fraction of sp³-hybridized carbons (Fsp3) is 0.676. The third-order valence-corrected chi connectivity index (χ3v) is 11.0. The number of fused-ring (bicyclic) bond motifs is 1. The predicted octanol–water partition coefficient (Wildman–Crippen LogP) is 6.77. The molecule has 2 N–H and O–H groups in total. The first-order chi connectivity index (χ1) is 24.0. The van der Waals surface area contributed by atoms with Crippen molar-refractivity contribution in [1.29, 1.82) is 0 Å². The molecule has 12 nitrogen and oxygen atoms in total. The number of unbranched alkanes of at least 4 members (excludes halogenated alkanes) is 11. The van der Waals surface area contributed by atoms with E-state index in [1.807, 2.05) is 20.9 Å². The van der Waals surface area contributed by atoms with Crippen LogP contribution in [0.4, 0.5) is 0 Å². The van der Waals surface area contributed by atoms with Gasteiger partial charge in [-0.1, -0.05) is 90.9 Å². The van der Waals surface area contributed by atoms with E-state index in [0.29, 0.717) is 68.0 Å². The molecule has 1 aliphatic rings. The summed E-state index contributed by atoms with van der Waals surface area (Å²) in [6.07, 6.45) is 17.4. The van der Waals surface area contributed by atoms with E-state index in [-0.39, 0.29) is 16.3 Å². The van der Waals surface area contributed by atoms with Gasteiger partial charge in [-0.2, -0.15) is 9.40 Å². The molecule has 1 saturated heterocycles. The summed E-state index contributed by atoms with van der Waals surface area (Å²) in [5, 5.41) is 12.9. The Bertz CT molecular complexity index is 1650. The van der Waals surface area contributed by atoms with Crippen molar-refractivity contribution < 1.29 is 23.1 Å². The van der Waals surface area contributed by atoms with Crippen molar-refractivity contribution in [2.45, 2.75) is 122 Å². The summed E-state index contributed by atoms with van der Waals surface area (Å²) in [5.41, 5.74) is 1.75. The predicted molar refractivity (Wildman–Crippen MR) is 199 cm³/mol. The first kappa shape index (κ1) is 41.1. The van der Waals surface area contributed by atoms with Gasteiger partial charge in [0.1, 0.15) is 17.1 Å². The number of likely N-dealkylation sites (N-methyl/N-ethyl adjacent to an activating group) is 1. The molecule has 0 bridgehead atoms. The average Bonchev–Trinajstić information content (AvgIpc) is 3.41. The highest BCUT2D eigenvalue weighted by Gasteiger charge is 2.29. The summed E-state index contributed by atoms with van der Waals surface area (Å²) in [6, 6.07) is 4.71. The molecular formula is C37H60N6O6S. The molecular weight excluding hydrogens is 657 g/mol. The average molecular weight is 717 g/mol. The molecule has 0 amide bonds. The van der Waals surface area contributed by atoms with E-state index in [2.05, 4.69) is 21.9 Å². The Balaban J connectivity index is 0.000000338. The third-order valence-electron chi connectivity index (χ3n) is 9.10. The number of piperazine rings is 1. The number of hydrogen-bond donors (Lipinski definition) is 2. The van der Waals surface area contributed by atoms with Crippen LogP contribution >= 0.6 is 0 Å². The molecule has 0 atom stereocenters. The molecule has 3 aromatic rings.